The van der Waals surface area contributed by atoms with E-state index in [1.807, 2.05) is 32.0 Å². The van der Waals surface area contributed by atoms with Crippen molar-refractivity contribution in [3.8, 4) is 0 Å². The van der Waals surface area contributed by atoms with Crippen LogP contribution in [0, 0.1) is 24.0 Å². The van der Waals surface area contributed by atoms with Gasteiger partial charge in [0, 0.05) is 38.8 Å². The van der Waals surface area contributed by atoms with Gasteiger partial charge in [-0.1, -0.05) is 35.1 Å². The number of hydrogen-bond donors (Lipinski definition) is 2. The number of aromatic nitrogens is 3. The second-order valence-corrected chi connectivity index (χ2v) is 12.2. The third kappa shape index (κ3) is 11.6. The largest absolute Gasteiger partial charge is 0.466 e. The van der Waals surface area contributed by atoms with Crippen LogP contribution in [-0.4, -0.2) is 95.3 Å². The lowest BCUT2D eigenvalue weighted by molar-refractivity contribution is -0.757. The van der Waals surface area contributed by atoms with Crippen molar-refractivity contribution in [1.29, 1.82) is 0 Å². The molecule has 1 aromatic carbocycles. The van der Waals surface area contributed by atoms with Crippen molar-refractivity contribution in [2.75, 3.05) is 68.1 Å². The summed E-state index contributed by atoms with van der Waals surface area (Å²) in [5.41, 5.74) is 1.42. The highest BCUT2D eigenvalue weighted by Crippen LogP contribution is 2.28. The molecule has 0 spiro atoms. The van der Waals surface area contributed by atoms with Crippen LogP contribution < -0.4 is 15.5 Å². The van der Waals surface area contributed by atoms with Gasteiger partial charge >= 0.3 is 11.9 Å². The van der Waals surface area contributed by atoms with Gasteiger partial charge in [-0.3, -0.25) is 19.3 Å². The summed E-state index contributed by atoms with van der Waals surface area (Å²) in [6.45, 7) is 7.36. The molecule has 2 aromatic heterocycles. The Bertz CT molecular complexity index is 1560. The van der Waals surface area contributed by atoms with E-state index in [1.165, 1.54) is 17.5 Å². The number of esters is 2. The minimum absolute atomic E-state index is 0.0597. The van der Waals surface area contributed by atoms with Gasteiger partial charge in [0.15, 0.2) is 5.13 Å². The van der Waals surface area contributed by atoms with Gasteiger partial charge in [0.25, 0.3) is 11.0 Å². The third-order valence-electron chi connectivity index (χ3n) is 7.15. The Morgan fingerprint density at radius 3 is 2.44 bits per heavy atom. The lowest BCUT2D eigenvalue weighted by Gasteiger charge is -2.35. The zero-order chi connectivity index (χ0) is 34.5. The summed E-state index contributed by atoms with van der Waals surface area (Å²) in [6, 6.07) is 7.25. The first-order valence-electron chi connectivity index (χ1n) is 15.3. The molecule has 1 amide bonds. The van der Waals surface area contributed by atoms with E-state index in [2.05, 4.69) is 40.2 Å². The van der Waals surface area contributed by atoms with Crippen LogP contribution in [0.1, 0.15) is 46.7 Å². The number of unbranched alkanes of at least 4 members (excludes halogenated alkanes) is 1. The number of benzene rings is 1. The predicted molar refractivity (Wildman–Crippen MR) is 178 cm³/mol. The highest BCUT2D eigenvalue weighted by atomic mass is 35.5. The molecule has 3 aromatic rings. The van der Waals surface area contributed by atoms with Crippen LogP contribution in [0.3, 0.4) is 0 Å². The second-order valence-electron chi connectivity index (χ2n) is 10.7. The number of rotatable bonds is 17. The molecule has 18 heteroatoms. The van der Waals surface area contributed by atoms with E-state index in [4.69, 9.17) is 21.1 Å². The first kappa shape index (κ1) is 36.2. The van der Waals surface area contributed by atoms with Crippen molar-refractivity contribution in [2.45, 2.75) is 39.5 Å². The van der Waals surface area contributed by atoms with E-state index < -0.39 is 17.0 Å². The summed E-state index contributed by atoms with van der Waals surface area (Å²) in [5, 5.41) is 16.2. The Morgan fingerprint density at radius 1 is 1.02 bits per heavy atom. The number of thiazole rings is 1. The summed E-state index contributed by atoms with van der Waals surface area (Å²) in [5.74, 6) is 0.583. The fourth-order valence-electron chi connectivity index (χ4n) is 4.66. The monoisotopic (exact) mass is 704 g/mol. The van der Waals surface area contributed by atoms with E-state index in [9.17, 15) is 24.5 Å². The van der Waals surface area contributed by atoms with Gasteiger partial charge in [0.1, 0.15) is 28.9 Å². The van der Waals surface area contributed by atoms with Crippen molar-refractivity contribution in [1.82, 2.24) is 19.9 Å². The van der Waals surface area contributed by atoms with Crippen LogP contribution >= 0.6 is 22.9 Å². The van der Waals surface area contributed by atoms with Gasteiger partial charge in [0.2, 0.25) is 0 Å². The molecule has 2 N–H and O–H groups in total. The van der Waals surface area contributed by atoms with Crippen LogP contribution in [0.2, 0.25) is 5.02 Å². The number of aryl methyl sites for hydroxylation is 2. The number of nitrogens with zero attached hydrogens (tertiary/aromatic N) is 6. The smallest absolute Gasteiger partial charge is 0.306 e. The molecule has 16 nitrogen and oxygen atoms in total. The Hall–Kier alpha value is -4.61. The van der Waals surface area contributed by atoms with Crippen LogP contribution in [0.4, 0.5) is 22.5 Å². The number of halogens is 1. The van der Waals surface area contributed by atoms with Gasteiger partial charge in [-0.2, -0.15) is 0 Å². The lowest BCUT2D eigenvalue weighted by atomic mass is 10.2. The molecule has 1 saturated heterocycles. The van der Waals surface area contributed by atoms with E-state index >= 15 is 0 Å². The lowest BCUT2D eigenvalue weighted by Crippen LogP contribution is -2.47. The summed E-state index contributed by atoms with van der Waals surface area (Å²) in [7, 11) is 0. The number of carbonyl (C=O) groups is 3. The zero-order valence-electron chi connectivity index (χ0n) is 26.6. The highest BCUT2D eigenvalue weighted by Gasteiger charge is 2.20. The maximum atomic E-state index is 12.8. The Balaban J connectivity index is 1.15. The average Bonchev–Trinajstić information content (AvgIpc) is 3.52. The Morgan fingerprint density at radius 2 is 1.73 bits per heavy atom. The molecule has 1 aliphatic rings. The molecule has 0 radical (unpaired) electrons. The van der Waals surface area contributed by atoms with Crippen LogP contribution in [-0.2, 0) is 23.9 Å². The standard InChI is InChI=1S/C30H37ClN8O8S/c1-20-6-5-7-22(31)28(20)36-29(42)23-19-32-30(48-23)35-24-18-25(34-21(2)33-24)38-12-10-37(11-13-38)14-17-46-27(41)9-8-26(40)45-15-3-4-16-47-39(43)44/h5-7,18-19H,3-4,8-17H2,1-2H3,(H,36,42)(H,32,33,34,35). The molecule has 258 valence electrons. The van der Waals surface area contributed by atoms with Gasteiger partial charge in [0.05, 0.1) is 43.0 Å². The van der Waals surface area contributed by atoms with Crippen molar-refractivity contribution >= 4 is 63.2 Å². The third-order valence-corrected chi connectivity index (χ3v) is 8.37. The first-order valence-corrected chi connectivity index (χ1v) is 16.5. The fourth-order valence-corrected chi connectivity index (χ4v) is 5.64. The Labute approximate surface area is 285 Å². The fraction of sp³-hybridized carbons (Fsp3) is 0.467. The molecule has 0 aliphatic carbocycles. The number of para-hydroxylation sites is 1. The number of anilines is 4. The zero-order valence-corrected chi connectivity index (χ0v) is 28.2. The van der Waals surface area contributed by atoms with E-state index in [-0.39, 0.29) is 38.6 Å². The molecular weight excluding hydrogens is 668 g/mol. The topological polar surface area (TPSA) is 191 Å². The molecular formula is C30H37ClN8O8S. The second kappa shape index (κ2) is 18.1. The van der Waals surface area contributed by atoms with Gasteiger partial charge in [-0.05, 0) is 38.3 Å². The number of amides is 1. The molecule has 4 rings (SSSR count). The molecule has 3 heterocycles. The number of piperazine rings is 1. The van der Waals surface area contributed by atoms with E-state index in [0.717, 1.165) is 24.5 Å². The molecule has 0 atom stereocenters. The van der Waals surface area contributed by atoms with E-state index in [1.54, 1.807) is 6.07 Å². The summed E-state index contributed by atoms with van der Waals surface area (Å²) >= 11 is 7.45. The van der Waals surface area contributed by atoms with Crippen molar-refractivity contribution in [3.05, 3.63) is 61.9 Å². The molecule has 1 fully saturated rings. The SMILES string of the molecule is Cc1nc(Nc2ncc(C(=O)Nc3c(C)cccc3Cl)s2)cc(N2CCN(CCOC(=O)CCC(=O)OCCCCO[N+](=O)[O-])CC2)n1. The Kier molecular flexibility index (Phi) is 13.6. The summed E-state index contributed by atoms with van der Waals surface area (Å²) in [4.78, 5) is 69.1. The summed E-state index contributed by atoms with van der Waals surface area (Å²) in [6.07, 6.45) is 2.12. The quantitative estimate of drug-likeness (QED) is 0.0880. The van der Waals surface area contributed by atoms with Crippen LogP contribution in [0.25, 0.3) is 0 Å². The number of carbonyl (C=O) groups excluding carboxylic acids is 3. The number of hydrogen-bond acceptors (Lipinski definition) is 15. The molecule has 0 bridgehead atoms. The predicted octanol–water partition coefficient (Wildman–Crippen LogP) is 4.18. The van der Waals surface area contributed by atoms with Crippen molar-refractivity contribution < 1.29 is 33.8 Å². The molecule has 1 aliphatic heterocycles. The minimum atomic E-state index is -0.871. The van der Waals surface area contributed by atoms with E-state index in [0.29, 0.717) is 64.8 Å². The van der Waals surface area contributed by atoms with Crippen molar-refractivity contribution in [3.63, 3.8) is 0 Å². The first-order chi connectivity index (χ1) is 23.1. The minimum Gasteiger partial charge on any atom is -0.466 e. The summed E-state index contributed by atoms with van der Waals surface area (Å²) < 4.78 is 10.3. The van der Waals surface area contributed by atoms with Gasteiger partial charge in [-0.15, -0.1) is 10.1 Å². The maximum absolute atomic E-state index is 12.8. The van der Waals surface area contributed by atoms with Crippen LogP contribution in [0.15, 0.2) is 30.5 Å². The molecule has 0 unspecified atom stereocenters. The van der Waals surface area contributed by atoms with Crippen molar-refractivity contribution in [2.24, 2.45) is 0 Å². The molecule has 0 saturated carbocycles. The number of nitrogens with one attached hydrogen (secondary N) is 2. The van der Waals surface area contributed by atoms with Gasteiger partial charge in [-0.25, -0.2) is 15.0 Å². The van der Waals surface area contributed by atoms with Crippen LogP contribution in [0.5, 0.6) is 0 Å². The molecule has 48 heavy (non-hydrogen) atoms. The van der Waals surface area contributed by atoms with Gasteiger partial charge < -0.3 is 29.8 Å². The highest BCUT2D eigenvalue weighted by molar-refractivity contribution is 7.17. The normalized spacial score (nSPS) is 13.1. The maximum Gasteiger partial charge on any atom is 0.306 e. The number of ether oxygens (including phenoxy) is 2. The average molecular weight is 705 g/mol.